The number of carboxylic acid groups (broad SMARTS) is 1. The molecule has 1 aromatic rings. The monoisotopic (exact) mass is 218 g/mol. The van der Waals surface area contributed by atoms with E-state index in [1.54, 1.807) is 0 Å². The molecule has 6 heteroatoms. The van der Waals surface area contributed by atoms with Gasteiger partial charge in [0, 0.05) is 18.9 Å². The molecule has 0 atom stereocenters. The fraction of sp³-hybridized carbons (Fsp3) is 0.400. The first kappa shape index (κ1) is 10.4. The van der Waals surface area contributed by atoms with Crippen molar-refractivity contribution < 1.29 is 9.90 Å². The minimum absolute atomic E-state index is 0.184. The lowest BCUT2D eigenvalue weighted by Gasteiger charge is -2.11. The highest BCUT2D eigenvalue weighted by molar-refractivity contribution is 5.78. The minimum Gasteiger partial charge on any atom is -0.481 e. The van der Waals surface area contributed by atoms with Crippen molar-refractivity contribution >= 4 is 11.8 Å². The van der Waals surface area contributed by atoms with Gasteiger partial charge in [0.15, 0.2) is 11.5 Å². The van der Waals surface area contributed by atoms with Crippen molar-refractivity contribution in [3.05, 3.63) is 18.1 Å². The predicted molar refractivity (Wildman–Crippen MR) is 54.5 cm³/mol. The lowest BCUT2D eigenvalue weighted by Crippen LogP contribution is -2.25. The lowest BCUT2D eigenvalue weighted by atomic mass is 10.1. The first-order valence-corrected chi connectivity index (χ1v) is 4.86. The smallest absolute Gasteiger partial charge is 0.311 e. The first-order valence-electron chi connectivity index (χ1n) is 4.86. The average Bonchev–Trinajstić information content (AvgIpc) is 3.08. The number of nitriles is 1. The van der Waals surface area contributed by atoms with E-state index in [4.69, 9.17) is 10.4 Å². The Morgan fingerprint density at radius 1 is 1.56 bits per heavy atom. The van der Waals surface area contributed by atoms with E-state index in [-0.39, 0.29) is 12.2 Å². The normalized spacial score (nSPS) is 16.2. The molecule has 0 bridgehead atoms. The van der Waals surface area contributed by atoms with E-state index < -0.39 is 11.4 Å². The standard InChI is InChI=1S/C10H10N4O2/c11-5-7-8(13-4-3-12-7)14-6-10(1-2-10)9(15)16/h3-4H,1-2,6H2,(H,13,14)(H,15,16). The SMILES string of the molecule is N#Cc1nccnc1NCC1(C(=O)O)CC1. The van der Waals surface area contributed by atoms with Crippen molar-refractivity contribution in [1.29, 1.82) is 5.26 Å². The molecule has 2 rings (SSSR count). The van der Waals surface area contributed by atoms with Gasteiger partial charge < -0.3 is 10.4 Å². The molecule has 1 aromatic heterocycles. The Labute approximate surface area is 92.0 Å². The molecule has 0 saturated heterocycles. The van der Waals surface area contributed by atoms with Crippen molar-refractivity contribution in [3.8, 4) is 6.07 Å². The Balaban J connectivity index is 2.06. The third-order valence-corrected chi connectivity index (χ3v) is 2.71. The molecule has 0 amide bonds. The summed E-state index contributed by atoms with van der Waals surface area (Å²) < 4.78 is 0. The highest BCUT2D eigenvalue weighted by Gasteiger charge is 2.50. The van der Waals surface area contributed by atoms with E-state index in [0.29, 0.717) is 18.7 Å². The second-order valence-corrected chi connectivity index (χ2v) is 3.80. The molecule has 1 saturated carbocycles. The molecule has 1 heterocycles. The van der Waals surface area contributed by atoms with Gasteiger partial charge in [-0.05, 0) is 12.8 Å². The van der Waals surface area contributed by atoms with Crippen LogP contribution in [0.1, 0.15) is 18.5 Å². The number of aromatic nitrogens is 2. The van der Waals surface area contributed by atoms with Crippen molar-refractivity contribution in [2.75, 3.05) is 11.9 Å². The van der Waals surface area contributed by atoms with Crippen LogP contribution in [0.2, 0.25) is 0 Å². The van der Waals surface area contributed by atoms with E-state index in [9.17, 15) is 4.79 Å². The third-order valence-electron chi connectivity index (χ3n) is 2.71. The van der Waals surface area contributed by atoms with E-state index in [1.165, 1.54) is 12.4 Å². The van der Waals surface area contributed by atoms with Gasteiger partial charge in [-0.15, -0.1) is 0 Å². The van der Waals surface area contributed by atoms with Gasteiger partial charge in [-0.1, -0.05) is 0 Å². The number of carbonyl (C=O) groups is 1. The van der Waals surface area contributed by atoms with Gasteiger partial charge in [-0.3, -0.25) is 4.79 Å². The largest absolute Gasteiger partial charge is 0.481 e. The number of aliphatic carboxylic acids is 1. The van der Waals surface area contributed by atoms with Crippen LogP contribution in [0.15, 0.2) is 12.4 Å². The average molecular weight is 218 g/mol. The Hall–Kier alpha value is -2.16. The van der Waals surface area contributed by atoms with Crippen LogP contribution >= 0.6 is 0 Å². The summed E-state index contributed by atoms with van der Waals surface area (Å²) in [6, 6.07) is 1.90. The van der Waals surface area contributed by atoms with Gasteiger partial charge in [-0.25, -0.2) is 9.97 Å². The lowest BCUT2D eigenvalue weighted by molar-refractivity contribution is -0.142. The van der Waals surface area contributed by atoms with Gasteiger partial charge in [-0.2, -0.15) is 5.26 Å². The molecule has 1 fully saturated rings. The summed E-state index contributed by atoms with van der Waals surface area (Å²) in [6.07, 6.45) is 4.21. The number of hydrogen-bond donors (Lipinski definition) is 2. The van der Waals surface area contributed by atoms with Gasteiger partial charge in [0.2, 0.25) is 0 Å². The molecule has 0 spiro atoms. The van der Waals surface area contributed by atoms with Crippen LogP contribution in [0.5, 0.6) is 0 Å². The summed E-state index contributed by atoms with van der Waals surface area (Å²) in [5.41, 5.74) is -0.492. The quantitative estimate of drug-likeness (QED) is 0.768. The van der Waals surface area contributed by atoms with E-state index in [1.807, 2.05) is 6.07 Å². The van der Waals surface area contributed by atoms with Crippen molar-refractivity contribution in [3.63, 3.8) is 0 Å². The van der Waals surface area contributed by atoms with Crippen molar-refractivity contribution in [2.45, 2.75) is 12.8 Å². The van der Waals surface area contributed by atoms with E-state index in [2.05, 4.69) is 15.3 Å². The van der Waals surface area contributed by atoms with Crippen LogP contribution in [-0.4, -0.2) is 27.6 Å². The molecular weight excluding hydrogens is 208 g/mol. The summed E-state index contributed by atoms with van der Waals surface area (Å²) >= 11 is 0. The zero-order chi connectivity index (χ0) is 11.6. The summed E-state index contributed by atoms with van der Waals surface area (Å²) in [4.78, 5) is 18.7. The maximum absolute atomic E-state index is 10.9. The Morgan fingerprint density at radius 2 is 2.25 bits per heavy atom. The fourth-order valence-electron chi connectivity index (χ4n) is 1.42. The van der Waals surface area contributed by atoms with Gasteiger partial charge in [0.25, 0.3) is 0 Å². The molecule has 1 aliphatic rings. The topological polar surface area (TPSA) is 98.9 Å². The van der Waals surface area contributed by atoms with E-state index in [0.717, 1.165) is 0 Å². The van der Waals surface area contributed by atoms with Gasteiger partial charge in [0.05, 0.1) is 5.41 Å². The highest BCUT2D eigenvalue weighted by Crippen LogP contribution is 2.45. The number of carboxylic acids is 1. The molecule has 16 heavy (non-hydrogen) atoms. The summed E-state index contributed by atoms with van der Waals surface area (Å²) in [5.74, 6) is -0.458. The summed E-state index contributed by atoms with van der Waals surface area (Å²) in [6.45, 7) is 0.287. The molecule has 1 aliphatic carbocycles. The van der Waals surface area contributed by atoms with Crippen LogP contribution in [0.3, 0.4) is 0 Å². The number of nitrogens with zero attached hydrogens (tertiary/aromatic N) is 3. The van der Waals surface area contributed by atoms with Crippen LogP contribution < -0.4 is 5.32 Å². The maximum atomic E-state index is 10.9. The van der Waals surface area contributed by atoms with Crippen molar-refractivity contribution in [1.82, 2.24) is 9.97 Å². The molecule has 0 unspecified atom stereocenters. The zero-order valence-electron chi connectivity index (χ0n) is 8.47. The van der Waals surface area contributed by atoms with Gasteiger partial charge in [0.1, 0.15) is 6.07 Å². The number of hydrogen-bond acceptors (Lipinski definition) is 5. The van der Waals surface area contributed by atoms with Crippen LogP contribution in [0.25, 0.3) is 0 Å². The summed E-state index contributed by atoms with van der Waals surface area (Å²) in [5, 5.41) is 20.6. The Kier molecular flexibility index (Phi) is 2.44. The molecule has 0 aliphatic heterocycles. The molecule has 0 radical (unpaired) electrons. The second-order valence-electron chi connectivity index (χ2n) is 3.80. The highest BCUT2D eigenvalue weighted by atomic mass is 16.4. The van der Waals surface area contributed by atoms with Crippen LogP contribution in [0.4, 0.5) is 5.82 Å². The number of anilines is 1. The zero-order valence-corrected chi connectivity index (χ0v) is 8.47. The Bertz CT molecular complexity index is 462. The number of nitrogens with one attached hydrogen (secondary N) is 1. The predicted octanol–water partition coefficient (Wildman–Crippen LogP) is 0.625. The van der Waals surface area contributed by atoms with E-state index >= 15 is 0 Å². The molecule has 0 aromatic carbocycles. The molecule has 82 valence electrons. The number of rotatable bonds is 4. The second kappa shape index (κ2) is 3.77. The van der Waals surface area contributed by atoms with Gasteiger partial charge >= 0.3 is 5.97 Å². The van der Waals surface area contributed by atoms with Crippen LogP contribution in [-0.2, 0) is 4.79 Å². The Morgan fingerprint density at radius 3 is 2.81 bits per heavy atom. The first-order chi connectivity index (χ1) is 7.68. The molecular formula is C10H10N4O2. The van der Waals surface area contributed by atoms with Crippen molar-refractivity contribution in [2.24, 2.45) is 5.41 Å². The molecule has 6 nitrogen and oxygen atoms in total. The van der Waals surface area contributed by atoms with Crippen LogP contribution in [0, 0.1) is 16.7 Å². The fourth-order valence-corrected chi connectivity index (χ4v) is 1.42. The minimum atomic E-state index is -0.803. The summed E-state index contributed by atoms with van der Waals surface area (Å²) in [7, 11) is 0. The molecule has 2 N–H and O–H groups in total. The maximum Gasteiger partial charge on any atom is 0.311 e. The third kappa shape index (κ3) is 1.80.